The number of nitrogens with one attached hydrogen (secondary N) is 1. The number of aryl methyl sites for hydroxylation is 1. The molecule has 0 amide bonds. The van der Waals surface area contributed by atoms with Crippen molar-refractivity contribution in [1.29, 1.82) is 0 Å². The fourth-order valence-electron chi connectivity index (χ4n) is 3.01. The molecule has 5 nitrogen and oxygen atoms in total. The van der Waals surface area contributed by atoms with Crippen molar-refractivity contribution in [3.8, 4) is 11.5 Å². The summed E-state index contributed by atoms with van der Waals surface area (Å²) in [7, 11) is -2.07. The molecule has 0 unspecified atom stereocenters. The van der Waals surface area contributed by atoms with Crippen molar-refractivity contribution in [3.05, 3.63) is 48.0 Å². The normalized spacial score (nSPS) is 15.1. The Morgan fingerprint density at radius 3 is 2.48 bits per heavy atom. The van der Waals surface area contributed by atoms with Crippen molar-refractivity contribution in [3.63, 3.8) is 0 Å². The maximum absolute atomic E-state index is 12.6. The van der Waals surface area contributed by atoms with E-state index in [4.69, 9.17) is 9.47 Å². The maximum atomic E-state index is 12.6. The highest BCUT2D eigenvalue weighted by atomic mass is 32.2. The van der Waals surface area contributed by atoms with Crippen LogP contribution in [0.5, 0.6) is 11.5 Å². The van der Waals surface area contributed by atoms with E-state index in [-0.39, 0.29) is 11.0 Å². The van der Waals surface area contributed by atoms with E-state index in [1.165, 1.54) is 0 Å². The van der Waals surface area contributed by atoms with Crippen molar-refractivity contribution in [2.24, 2.45) is 0 Å². The second-order valence-corrected chi connectivity index (χ2v) is 7.99. The van der Waals surface area contributed by atoms with Gasteiger partial charge in [0.1, 0.15) is 0 Å². The van der Waals surface area contributed by atoms with Crippen LogP contribution in [0.15, 0.2) is 47.4 Å². The van der Waals surface area contributed by atoms with Gasteiger partial charge in [0.2, 0.25) is 0 Å². The number of anilines is 1. The van der Waals surface area contributed by atoms with Gasteiger partial charge in [-0.1, -0.05) is 12.1 Å². The molecule has 6 heteroatoms. The van der Waals surface area contributed by atoms with E-state index in [9.17, 15) is 8.42 Å². The monoisotopic (exact) mass is 361 g/mol. The molecule has 1 aliphatic rings. The molecule has 0 bridgehead atoms. The smallest absolute Gasteiger partial charge is 0.261 e. The summed E-state index contributed by atoms with van der Waals surface area (Å²) in [5.74, 6) is 1.17. The van der Waals surface area contributed by atoms with Gasteiger partial charge in [0.15, 0.2) is 11.5 Å². The lowest BCUT2D eigenvalue weighted by atomic mass is 10.2. The van der Waals surface area contributed by atoms with E-state index >= 15 is 0 Å². The molecule has 2 aromatic rings. The van der Waals surface area contributed by atoms with Crippen LogP contribution in [0.2, 0.25) is 0 Å². The summed E-state index contributed by atoms with van der Waals surface area (Å²) < 4.78 is 39.1. The first-order valence-corrected chi connectivity index (χ1v) is 9.90. The van der Waals surface area contributed by atoms with E-state index in [1.807, 2.05) is 13.0 Å². The molecule has 3 rings (SSSR count). The largest absolute Gasteiger partial charge is 0.493 e. The number of hydrogen-bond donors (Lipinski definition) is 1. The number of benzene rings is 2. The first-order chi connectivity index (χ1) is 12.0. The third kappa shape index (κ3) is 4.25. The fourth-order valence-corrected chi connectivity index (χ4v) is 4.17. The SMILES string of the molecule is COc1ccc(NS(=O)(=O)c2cccc(C)c2)cc1OC1CCCC1. The molecule has 1 saturated carbocycles. The average molecular weight is 361 g/mol. The second kappa shape index (κ2) is 7.35. The van der Waals surface area contributed by atoms with Crippen LogP contribution < -0.4 is 14.2 Å². The highest BCUT2D eigenvalue weighted by Gasteiger charge is 2.20. The number of ether oxygens (including phenoxy) is 2. The molecule has 0 spiro atoms. The van der Waals surface area contributed by atoms with Crippen LogP contribution in [0.25, 0.3) is 0 Å². The maximum Gasteiger partial charge on any atom is 0.261 e. The molecule has 0 heterocycles. The lowest BCUT2D eigenvalue weighted by Gasteiger charge is -2.17. The zero-order chi connectivity index (χ0) is 17.9. The van der Waals surface area contributed by atoms with Crippen molar-refractivity contribution in [1.82, 2.24) is 0 Å². The zero-order valence-corrected chi connectivity index (χ0v) is 15.3. The van der Waals surface area contributed by atoms with Crippen LogP contribution in [0, 0.1) is 6.92 Å². The quantitative estimate of drug-likeness (QED) is 0.840. The number of rotatable bonds is 6. The highest BCUT2D eigenvalue weighted by Crippen LogP contribution is 2.34. The Labute approximate surface area is 149 Å². The Morgan fingerprint density at radius 2 is 1.80 bits per heavy atom. The highest BCUT2D eigenvalue weighted by molar-refractivity contribution is 7.92. The van der Waals surface area contributed by atoms with E-state index in [0.29, 0.717) is 17.2 Å². The van der Waals surface area contributed by atoms with Crippen LogP contribution in [-0.4, -0.2) is 21.6 Å². The molecule has 1 fully saturated rings. The molecule has 1 N–H and O–H groups in total. The molecule has 0 radical (unpaired) electrons. The van der Waals surface area contributed by atoms with Gasteiger partial charge in [-0.15, -0.1) is 0 Å². The van der Waals surface area contributed by atoms with Gasteiger partial charge >= 0.3 is 0 Å². The first-order valence-electron chi connectivity index (χ1n) is 8.42. The third-order valence-corrected chi connectivity index (χ3v) is 5.69. The van der Waals surface area contributed by atoms with E-state index in [2.05, 4.69) is 4.72 Å². The number of hydrogen-bond acceptors (Lipinski definition) is 4. The predicted octanol–water partition coefficient (Wildman–Crippen LogP) is 4.13. The van der Waals surface area contributed by atoms with Crippen LogP contribution in [0.1, 0.15) is 31.2 Å². The standard InChI is InChI=1S/C19H23NO4S/c1-14-6-5-9-17(12-14)25(21,22)20-15-10-11-18(23-2)19(13-15)24-16-7-3-4-8-16/h5-6,9-13,16,20H,3-4,7-8H2,1-2H3. The average Bonchev–Trinajstić information content (AvgIpc) is 3.08. The van der Waals surface area contributed by atoms with Gasteiger partial charge in [0.05, 0.1) is 23.8 Å². The summed E-state index contributed by atoms with van der Waals surface area (Å²) in [5.41, 5.74) is 1.35. The van der Waals surface area contributed by atoms with E-state index in [0.717, 1.165) is 31.2 Å². The lowest BCUT2D eigenvalue weighted by Crippen LogP contribution is -2.14. The Balaban J connectivity index is 1.84. The van der Waals surface area contributed by atoms with Gasteiger partial charge in [0, 0.05) is 6.07 Å². The van der Waals surface area contributed by atoms with Crippen molar-refractivity contribution in [2.75, 3.05) is 11.8 Å². The van der Waals surface area contributed by atoms with Crippen LogP contribution >= 0.6 is 0 Å². The number of sulfonamides is 1. The third-order valence-electron chi connectivity index (χ3n) is 4.31. The molecule has 134 valence electrons. The Morgan fingerprint density at radius 1 is 1.04 bits per heavy atom. The molecule has 0 aliphatic heterocycles. The van der Waals surface area contributed by atoms with Gasteiger partial charge in [-0.3, -0.25) is 4.72 Å². The summed E-state index contributed by atoms with van der Waals surface area (Å²) in [6, 6.07) is 11.9. The molecule has 25 heavy (non-hydrogen) atoms. The van der Waals surface area contributed by atoms with Crippen molar-refractivity contribution in [2.45, 2.75) is 43.6 Å². The molecular weight excluding hydrogens is 338 g/mol. The second-order valence-electron chi connectivity index (χ2n) is 6.31. The van der Waals surface area contributed by atoms with Crippen molar-refractivity contribution >= 4 is 15.7 Å². The fraction of sp³-hybridized carbons (Fsp3) is 0.368. The van der Waals surface area contributed by atoms with Gasteiger partial charge in [-0.2, -0.15) is 0 Å². The predicted molar refractivity (Wildman–Crippen MR) is 97.9 cm³/mol. The Hall–Kier alpha value is -2.21. The summed E-state index contributed by atoms with van der Waals surface area (Å²) >= 11 is 0. The summed E-state index contributed by atoms with van der Waals surface area (Å²) in [5, 5.41) is 0. The Bertz CT molecular complexity index is 842. The molecule has 0 aromatic heterocycles. The summed E-state index contributed by atoms with van der Waals surface area (Å²) in [4.78, 5) is 0.238. The summed E-state index contributed by atoms with van der Waals surface area (Å²) in [6.45, 7) is 1.86. The van der Waals surface area contributed by atoms with Gasteiger partial charge < -0.3 is 9.47 Å². The number of methoxy groups -OCH3 is 1. The molecule has 0 atom stereocenters. The molecule has 0 saturated heterocycles. The van der Waals surface area contributed by atoms with Gasteiger partial charge in [-0.05, 0) is 62.4 Å². The van der Waals surface area contributed by atoms with Crippen LogP contribution in [-0.2, 0) is 10.0 Å². The van der Waals surface area contributed by atoms with E-state index < -0.39 is 10.0 Å². The van der Waals surface area contributed by atoms with Crippen LogP contribution in [0.4, 0.5) is 5.69 Å². The molecular formula is C19H23NO4S. The van der Waals surface area contributed by atoms with Crippen molar-refractivity contribution < 1.29 is 17.9 Å². The van der Waals surface area contributed by atoms with Crippen LogP contribution in [0.3, 0.4) is 0 Å². The topological polar surface area (TPSA) is 64.6 Å². The minimum absolute atomic E-state index is 0.164. The zero-order valence-electron chi connectivity index (χ0n) is 14.5. The van der Waals surface area contributed by atoms with E-state index in [1.54, 1.807) is 43.5 Å². The van der Waals surface area contributed by atoms with Gasteiger partial charge in [0.25, 0.3) is 10.0 Å². The molecule has 1 aliphatic carbocycles. The minimum atomic E-state index is -3.65. The lowest BCUT2D eigenvalue weighted by molar-refractivity contribution is 0.201. The molecule has 2 aromatic carbocycles. The first kappa shape index (κ1) is 17.6. The minimum Gasteiger partial charge on any atom is -0.493 e. The Kier molecular flexibility index (Phi) is 5.18. The summed E-state index contributed by atoms with van der Waals surface area (Å²) in [6.07, 6.45) is 4.52. The van der Waals surface area contributed by atoms with Gasteiger partial charge in [-0.25, -0.2) is 8.42 Å².